The molecule has 2 amide bonds. The van der Waals surface area contributed by atoms with Crippen LogP contribution in [0.3, 0.4) is 0 Å². The number of hydrogen-bond acceptors (Lipinski definition) is 2. The molecule has 0 bridgehead atoms. The van der Waals surface area contributed by atoms with Crippen molar-refractivity contribution in [3.05, 3.63) is 70.3 Å². The van der Waals surface area contributed by atoms with Crippen molar-refractivity contribution in [2.24, 2.45) is 0 Å². The van der Waals surface area contributed by atoms with Gasteiger partial charge in [0, 0.05) is 6.54 Å². The zero-order valence-electron chi connectivity index (χ0n) is 14.6. The summed E-state index contributed by atoms with van der Waals surface area (Å²) in [5.74, 6) is -1.23. The van der Waals surface area contributed by atoms with Gasteiger partial charge in [0.2, 0.25) is 0 Å². The Morgan fingerprint density at radius 3 is 2.21 bits per heavy atom. The van der Waals surface area contributed by atoms with Gasteiger partial charge in [0.1, 0.15) is 0 Å². The average molecular weight is 324 g/mol. The fourth-order valence-electron chi connectivity index (χ4n) is 2.65. The van der Waals surface area contributed by atoms with Gasteiger partial charge in [0.25, 0.3) is 0 Å². The largest absolute Gasteiger partial charge is 0.344 e. The SMILES string of the molecule is Cc1cc(C)c(C(C)NC(=O)C(=O)NCc2ccccc2)cc1C. The molecule has 0 aliphatic heterocycles. The van der Waals surface area contributed by atoms with Crippen LogP contribution in [0.2, 0.25) is 0 Å². The van der Waals surface area contributed by atoms with E-state index in [2.05, 4.69) is 29.7 Å². The summed E-state index contributed by atoms with van der Waals surface area (Å²) in [6.07, 6.45) is 0. The molecule has 0 spiro atoms. The molecule has 0 heterocycles. The van der Waals surface area contributed by atoms with Crippen LogP contribution in [0, 0.1) is 20.8 Å². The van der Waals surface area contributed by atoms with Crippen molar-refractivity contribution in [2.45, 2.75) is 40.3 Å². The summed E-state index contributed by atoms with van der Waals surface area (Å²) >= 11 is 0. The van der Waals surface area contributed by atoms with Gasteiger partial charge < -0.3 is 10.6 Å². The average Bonchev–Trinajstić information content (AvgIpc) is 2.56. The summed E-state index contributed by atoms with van der Waals surface area (Å²) in [4.78, 5) is 24.1. The highest BCUT2D eigenvalue weighted by Crippen LogP contribution is 2.21. The highest BCUT2D eigenvalue weighted by atomic mass is 16.2. The number of nitrogens with one attached hydrogen (secondary N) is 2. The second kappa shape index (κ2) is 7.77. The standard InChI is InChI=1S/C20H24N2O2/c1-13-10-15(3)18(11-14(13)2)16(4)22-20(24)19(23)21-12-17-8-6-5-7-9-17/h5-11,16H,12H2,1-4H3,(H,21,23)(H,22,24). The molecule has 0 aromatic heterocycles. The number of carbonyl (C=O) groups is 2. The second-order valence-electron chi connectivity index (χ2n) is 6.16. The minimum absolute atomic E-state index is 0.223. The number of hydrogen-bond donors (Lipinski definition) is 2. The van der Waals surface area contributed by atoms with Crippen LogP contribution in [-0.4, -0.2) is 11.8 Å². The van der Waals surface area contributed by atoms with Gasteiger partial charge >= 0.3 is 11.8 Å². The molecule has 4 nitrogen and oxygen atoms in total. The van der Waals surface area contributed by atoms with Crippen LogP contribution in [0.5, 0.6) is 0 Å². The van der Waals surface area contributed by atoms with Gasteiger partial charge in [-0.1, -0.05) is 42.5 Å². The van der Waals surface area contributed by atoms with Crippen LogP contribution in [0.4, 0.5) is 0 Å². The Hall–Kier alpha value is -2.62. The molecule has 2 rings (SSSR count). The van der Waals surface area contributed by atoms with Crippen molar-refractivity contribution in [3.8, 4) is 0 Å². The van der Waals surface area contributed by atoms with Crippen molar-refractivity contribution < 1.29 is 9.59 Å². The van der Waals surface area contributed by atoms with Crippen LogP contribution in [0.1, 0.15) is 40.8 Å². The van der Waals surface area contributed by atoms with E-state index >= 15 is 0 Å². The van der Waals surface area contributed by atoms with Crippen molar-refractivity contribution in [3.63, 3.8) is 0 Å². The molecular weight excluding hydrogens is 300 g/mol. The molecule has 1 atom stereocenters. The van der Waals surface area contributed by atoms with Crippen molar-refractivity contribution in [1.29, 1.82) is 0 Å². The molecule has 0 saturated carbocycles. The zero-order valence-corrected chi connectivity index (χ0v) is 14.6. The van der Waals surface area contributed by atoms with Gasteiger partial charge in [0.15, 0.2) is 0 Å². The minimum atomic E-state index is -0.618. The Kier molecular flexibility index (Phi) is 5.74. The van der Waals surface area contributed by atoms with E-state index in [-0.39, 0.29) is 6.04 Å². The van der Waals surface area contributed by atoms with E-state index < -0.39 is 11.8 Å². The lowest BCUT2D eigenvalue weighted by Crippen LogP contribution is -2.40. The molecule has 24 heavy (non-hydrogen) atoms. The van der Waals surface area contributed by atoms with Gasteiger partial charge in [-0.3, -0.25) is 9.59 Å². The minimum Gasteiger partial charge on any atom is -0.344 e. The summed E-state index contributed by atoms with van der Waals surface area (Å²) in [6.45, 7) is 8.34. The Balaban J connectivity index is 1.96. The lowest BCUT2D eigenvalue weighted by molar-refractivity contribution is -0.139. The molecule has 126 valence electrons. The van der Waals surface area contributed by atoms with E-state index in [1.54, 1.807) is 0 Å². The van der Waals surface area contributed by atoms with Gasteiger partial charge in [-0.25, -0.2) is 0 Å². The Morgan fingerprint density at radius 1 is 0.917 bits per heavy atom. The molecule has 2 aromatic rings. The maximum absolute atomic E-state index is 12.1. The van der Waals surface area contributed by atoms with Gasteiger partial charge in [-0.2, -0.15) is 0 Å². The first-order valence-electron chi connectivity index (χ1n) is 8.09. The maximum Gasteiger partial charge on any atom is 0.309 e. The van der Waals surface area contributed by atoms with Gasteiger partial charge in [-0.05, 0) is 55.5 Å². The van der Waals surface area contributed by atoms with E-state index in [4.69, 9.17) is 0 Å². The van der Waals surface area contributed by atoms with Crippen LogP contribution < -0.4 is 10.6 Å². The van der Waals surface area contributed by atoms with E-state index in [1.165, 1.54) is 11.1 Å². The second-order valence-corrected chi connectivity index (χ2v) is 6.16. The topological polar surface area (TPSA) is 58.2 Å². The summed E-state index contributed by atoms with van der Waals surface area (Å²) in [5, 5.41) is 5.41. The molecule has 2 aromatic carbocycles. The highest BCUT2D eigenvalue weighted by Gasteiger charge is 2.18. The van der Waals surface area contributed by atoms with Crippen molar-refractivity contribution in [2.75, 3.05) is 0 Å². The van der Waals surface area contributed by atoms with Crippen LogP contribution in [-0.2, 0) is 16.1 Å². The molecule has 0 saturated heterocycles. The third-order valence-electron chi connectivity index (χ3n) is 4.20. The lowest BCUT2D eigenvalue weighted by atomic mass is 9.96. The monoisotopic (exact) mass is 324 g/mol. The number of rotatable bonds is 4. The first kappa shape index (κ1) is 17.7. The lowest BCUT2D eigenvalue weighted by Gasteiger charge is -2.18. The summed E-state index contributed by atoms with van der Waals surface area (Å²) in [7, 11) is 0. The van der Waals surface area contributed by atoms with Crippen molar-refractivity contribution >= 4 is 11.8 Å². The smallest absolute Gasteiger partial charge is 0.309 e. The third-order valence-corrected chi connectivity index (χ3v) is 4.20. The fraction of sp³-hybridized carbons (Fsp3) is 0.300. The number of benzene rings is 2. The van der Waals surface area contributed by atoms with Gasteiger partial charge in [0.05, 0.1) is 6.04 Å². The quantitative estimate of drug-likeness (QED) is 0.849. The number of aryl methyl sites for hydroxylation is 3. The predicted octanol–water partition coefficient (Wildman–Crippen LogP) is 3.11. The third kappa shape index (κ3) is 4.44. The Bertz CT molecular complexity index is 739. The van der Waals surface area contributed by atoms with E-state index in [9.17, 15) is 9.59 Å². The molecule has 4 heteroatoms. The summed E-state index contributed by atoms with van der Waals surface area (Å²) < 4.78 is 0. The molecule has 2 N–H and O–H groups in total. The summed E-state index contributed by atoms with van der Waals surface area (Å²) in [6, 6.07) is 13.4. The molecular formula is C20H24N2O2. The predicted molar refractivity (Wildman–Crippen MR) is 95.5 cm³/mol. The molecule has 0 radical (unpaired) electrons. The molecule has 0 aliphatic carbocycles. The van der Waals surface area contributed by atoms with E-state index in [0.717, 1.165) is 16.7 Å². The van der Waals surface area contributed by atoms with Crippen molar-refractivity contribution in [1.82, 2.24) is 10.6 Å². The van der Waals surface area contributed by atoms with E-state index in [1.807, 2.05) is 51.1 Å². The Labute approximate surface area is 143 Å². The molecule has 1 unspecified atom stereocenters. The number of amides is 2. The normalized spacial score (nSPS) is 11.7. The first-order valence-corrected chi connectivity index (χ1v) is 8.09. The number of carbonyl (C=O) groups excluding carboxylic acids is 2. The van der Waals surface area contributed by atoms with Crippen LogP contribution in [0.25, 0.3) is 0 Å². The van der Waals surface area contributed by atoms with Crippen LogP contribution in [0.15, 0.2) is 42.5 Å². The molecule has 0 fully saturated rings. The van der Waals surface area contributed by atoms with E-state index in [0.29, 0.717) is 6.54 Å². The Morgan fingerprint density at radius 2 is 1.54 bits per heavy atom. The van der Waals surface area contributed by atoms with Crippen LogP contribution >= 0.6 is 0 Å². The molecule has 0 aliphatic rings. The first-order chi connectivity index (χ1) is 11.4. The highest BCUT2D eigenvalue weighted by molar-refractivity contribution is 6.35. The maximum atomic E-state index is 12.1. The summed E-state index contributed by atoms with van der Waals surface area (Å²) in [5.41, 5.74) is 5.48. The fourth-order valence-corrected chi connectivity index (χ4v) is 2.65. The zero-order chi connectivity index (χ0) is 17.7. The van der Waals surface area contributed by atoms with Gasteiger partial charge in [-0.15, -0.1) is 0 Å².